The molecule has 0 atom stereocenters. The molecule has 1 saturated carbocycles. The molecule has 1 N–H and O–H groups in total. The van der Waals surface area contributed by atoms with Crippen LogP contribution in [0.1, 0.15) is 53.4 Å². The van der Waals surface area contributed by atoms with Crippen molar-refractivity contribution in [2.24, 2.45) is 10.4 Å². The zero-order valence-electron chi connectivity index (χ0n) is 15.5. The molecule has 1 aliphatic carbocycles. The Morgan fingerprint density at radius 2 is 1.74 bits per heavy atom. The van der Waals surface area contributed by atoms with Gasteiger partial charge in [-0.15, -0.1) is 24.0 Å². The second kappa shape index (κ2) is 11.1. The van der Waals surface area contributed by atoms with Crippen LogP contribution in [0.4, 0.5) is 0 Å². The molecular formula is C17H35IN4O. The second-order valence-electron chi connectivity index (χ2n) is 6.61. The number of aliphatic imine (C=N–C) groups is 1. The van der Waals surface area contributed by atoms with Crippen LogP contribution in [0.3, 0.4) is 0 Å². The van der Waals surface area contributed by atoms with Crippen LogP contribution < -0.4 is 5.32 Å². The van der Waals surface area contributed by atoms with Crippen molar-refractivity contribution in [3.05, 3.63) is 0 Å². The van der Waals surface area contributed by atoms with E-state index in [-0.39, 0.29) is 29.9 Å². The number of amides is 1. The first-order valence-corrected chi connectivity index (χ1v) is 8.73. The summed E-state index contributed by atoms with van der Waals surface area (Å²) in [5.41, 5.74) is 0.338. The van der Waals surface area contributed by atoms with Crippen LogP contribution in [0.15, 0.2) is 4.99 Å². The number of hydrogen-bond donors (Lipinski definition) is 1. The van der Waals surface area contributed by atoms with Crippen molar-refractivity contribution in [2.45, 2.75) is 53.4 Å². The summed E-state index contributed by atoms with van der Waals surface area (Å²) in [5.74, 6) is 1.00. The van der Waals surface area contributed by atoms with E-state index < -0.39 is 0 Å². The number of nitrogens with one attached hydrogen (secondary N) is 1. The Balaban J connectivity index is 0.00000484. The first-order valence-electron chi connectivity index (χ1n) is 8.73. The van der Waals surface area contributed by atoms with Crippen LogP contribution in [-0.4, -0.2) is 61.4 Å². The van der Waals surface area contributed by atoms with Gasteiger partial charge in [-0.1, -0.05) is 19.8 Å². The van der Waals surface area contributed by atoms with E-state index in [1.165, 1.54) is 25.7 Å². The predicted octanol–water partition coefficient (Wildman–Crippen LogP) is 2.95. The summed E-state index contributed by atoms with van der Waals surface area (Å²) in [6.07, 6.45) is 5.16. The highest BCUT2D eigenvalue weighted by atomic mass is 127. The van der Waals surface area contributed by atoms with Gasteiger partial charge in [0.05, 0.1) is 6.54 Å². The standard InChI is InChI=1S/C17H34N4O.HI/c1-6-18-16(19-14-17(4)11-9-10-12-17)20(5)13-15(22)21(7-2)8-3;/h6-14H2,1-5H3,(H,18,19);1H. The van der Waals surface area contributed by atoms with Crippen LogP contribution in [0.5, 0.6) is 0 Å². The van der Waals surface area contributed by atoms with E-state index in [0.717, 1.165) is 32.1 Å². The van der Waals surface area contributed by atoms with Gasteiger partial charge in [-0.3, -0.25) is 9.79 Å². The third kappa shape index (κ3) is 7.27. The Kier molecular flexibility index (Phi) is 10.8. The third-order valence-electron chi connectivity index (χ3n) is 4.61. The smallest absolute Gasteiger partial charge is 0.242 e. The highest BCUT2D eigenvalue weighted by molar-refractivity contribution is 14.0. The van der Waals surface area contributed by atoms with Gasteiger partial charge in [0.1, 0.15) is 0 Å². The van der Waals surface area contributed by atoms with Crippen LogP contribution in [-0.2, 0) is 4.79 Å². The summed E-state index contributed by atoms with van der Waals surface area (Å²) in [6, 6.07) is 0. The van der Waals surface area contributed by atoms with Crippen molar-refractivity contribution >= 4 is 35.8 Å². The maximum Gasteiger partial charge on any atom is 0.242 e. The summed E-state index contributed by atoms with van der Waals surface area (Å²) >= 11 is 0. The predicted molar refractivity (Wildman–Crippen MR) is 109 cm³/mol. The number of nitrogens with zero attached hydrogens (tertiary/aromatic N) is 3. The number of hydrogen-bond acceptors (Lipinski definition) is 2. The SMILES string of the molecule is CCNC(=NCC1(C)CCCC1)N(C)CC(=O)N(CC)CC.I. The summed E-state index contributed by atoms with van der Waals surface area (Å²) in [4.78, 5) is 20.8. The van der Waals surface area contributed by atoms with Crippen molar-refractivity contribution < 1.29 is 4.79 Å². The van der Waals surface area contributed by atoms with Crippen molar-refractivity contribution in [1.82, 2.24) is 15.1 Å². The van der Waals surface area contributed by atoms with Gasteiger partial charge in [0.15, 0.2) is 5.96 Å². The Morgan fingerprint density at radius 3 is 2.22 bits per heavy atom. The van der Waals surface area contributed by atoms with Crippen LogP contribution in [0, 0.1) is 5.41 Å². The molecule has 1 aliphatic rings. The zero-order chi connectivity index (χ0) is 16.6. The highest BCUT2D eigenvalue weighted by Crippen LogP contribution is 2.37. The van der Waals surface area contributed by atoms with Gasteiger partial charge in [0, 0.05) is 33.2 Å². The molecule has 1 rings (SSSR count). The maximum atomic E-state index is 12.2. The number of halogens is 1. The number of likely N-dealkylation sites (N-methyl/N-ethyl adjacent to an activating group) is 2. The van der Waals surface area contributed by atoms with Crippen LogP contribution in [0.25, 0.3) is 0 Å². The minimum absolute atomic E-state index is 0. The van der Waals surface area contributed by atoms with E-state index >= 15 is 0 Å². The van der Waals surface area contributed by atoms with E-state index in [9.17, 15) is 4.79 Å². The summed E-state index contributed by atoms with van der Waals surface area (Å²) in [6.45, 7) is 12.0. The van der Waals surface area contributed by atoms with Crippen LogP contribution in [0.2, 0.25) is 0 Å². The molecule has 0 heterocycles. The van der Waals surface area contributed by atoms with Gasteiger partial charge in [0.2, 0.25) is 5.91 Å². The average molecular weight is 438 g/mol. The van der Waals surface area contributed by atoms with Gasteiger partial charge in [-0.05, 0) is 39.0 Å². The first kappa shape index (κ1) is 22.5. The van der Waals surface area contributed by atoms with E-state index in [1.807, 2.05) is 30.7 Å². The fourth-order valence-corrected chi connectivity index (χ4v) is 3.08. The molecular weight excluding hydrogens is 403 g/mol. The Hall–Kier alpha value is -0.530. The van der Waals surface area contributed by atoms with E-state index in [4.69, 9.17) is 4.99 Å². The number of carbonyl (C=O) groups is 1. The quantitative estimate of drug-likeness (QED) is 0.378. The molecule has 5 nitrogen and oxygen atoms in total. The molecule has 6 heteroatoms. The molecule has 0 saturated heterocycles. The van der Waals surface area contributed by atoms with Gasteiger partial charge in [-0.25, -0.2) is 0 Å². The zero-order valence-corrected chi connectivity index (χ0v) is 17.9. The van der Waals surface area contributed by atoms with E-state index in [1.54, 1.807) is 0 Å². The van der Waals surface area contributed by atoms with Crippen LogP contribution >= 0.6 is 24.0 Å². The monoisotopic (exact) mass is 438 g/mol. The molecule has 0 aromatic heterocycles. The molecule has 0 bridgehead atoms. The van der Waals surface area contributed by atoms with Gasteiger partial charge in [0.25, 0.3) is 0 Å². The fraction of sp³-hybridized carbons (Fsp3) is 0.882. The lowest BCUT2D eigenvalue weighted by molar-refractivity contribution is -0.131. The molecule has 0 spiro atoms. The molecule has 23 heavy (non-hydrogen) atoms. The minimum Gasteiger partial charge on any atom is -0.357 e. The molecule has 136 valence electrons. The number of rotatable bonds is 7. The second-order valence-corrected chi connectivity index (χ2v) is 6.61. The number of guanidine groups is 1. The lowest BCUT2D eigenvalue weighted by atomic mass is 9.89. The first-order chi connectivity index (χ1) is 10.5. The Morgan fingerprint density at radius 1 is 1.17 bits per heavy atom. The highest BCUT2D eigenvalue weighted by Gasteiger charge is 2.28. The molecule has 0 aromatic rings. The van der Waals surface area contributed by atoms with Crippen molar-refractivity contribution in [2.75, 3.05) is 39.8 Å². The van der Waals surface area contributed by atoms with Crippen molar-refractivity contribution in [3.8, 4) is 0 Å². The van der Waals surface area contributed by atoms with Crippen molar-refractivity contribution in [1.29, 1.82) is 0 Å². The van der Waals surface area contributed by atoms with Gasteiger partial charge in [-0.2, -0.15) is 0 Å². The topological polar surface area (TPSA) is 47.9 Å². The summed E-state index contributed by atoms with van der Waals surface area (Å²) in [7, 11) is 1.94. The molecule has 0 radical (unpaired) electrons. The lowest BCUT2D eigenvalue weighted by Gasteiger charge is -2.27. The van der Waals surface area contributed by atoms with Gasteiger partial charge >= 0.3 is 0 Å². The largest absolute Gasteiger partial charge is 0.357 e. The third-order valence-corrected chi connectivity index (χ3v) is 4.61. The minimum atomic E-state index is 0. The summed E-state index contributed by atoms with van der Waals surface area (Å²) < 4.78 is 0. The van der Waals surface area contributed by atoms with E-state index in [0.29, 0.717) is 12.0 Å². The molecule has 0 unspecified atom stereocenters. The van der Waals surface area contributed by atoms with Crippen molar-refractivity contribution in [3.63, 3.8) is 0 Å². The molecule has 1 amide bonds. The average Bonchev–Trinajstić information content (AvgIpc) is 2.91. The Labute approximate surface area is 159 Å². The Bertz CT molecular complexity index is 377. The molecule has 0 aromatic carbocycles. The maximum absolute atomic E-state index is 12.2. The fourth-order valence-electron chi connectivity index (χ4n) is 3.08. The number of carbonyl (C=O) groups excluding carboxylic acids is 1. The lowest BCUT2D eigenvalue weighted by Crippen LogP contribution is -2.46. The van der Waals surface area contributed by atoms with E-state index in [2.05, 4.69) is 19.2 Å². The summed E-state index contributed by atoms with van der Waals surface area (Å²) in [5, 5.41) is 3.31. The molecule has 0 aliphatic heterocycles. The van der Waals surface area contributed by atoms with Gasteiger partial charge < -0.3 is 15.1 Å². The molecule has 1 fully saturated rings. The normalized spacial score (nSPS) is 16.7.